The van der Waals surface area contributed by atoms with Gasteiger partial charge >= 0.3 is 0 Å². The van der Waals surface area contributed by atoms with E-state index < -0.39 is 0 Å². The quantitative estimate of drug-likeness (QED) is 0.731. The van der Waals surface area contributed by atoms with Crippen molar-refractivity contribution < 1.29 is 0 Å². The molecule has 0 atom stereocenters. The Morgan fingerprint density at radius 3 is 2.50 bits per heavy atom. The van der Waals surface area contributed by atoms with E-state index in [0.717, 1.165) is 17.0 Å². The Labute approximate surface area is 81.9 Å². The summed E-state index contributed by atoms with van der Waals surface area (Å²) in [4.78, 5) is 12.1. The first-order valence-electron chi connectivity index (χ1n) is 4.27. The highest BCUT2D eigenvalue weighted by molar-refractivity contribution is 5.59. The van der Waals surface area contributed by atoms with Crippen molar-refractivity contribution in [3.05, 3.63) is 36.3 Å². The molecule has 14 heavy (non-hydrogen) atoms. The minimum absolute atomic E-state index is 0.303. The fourth-order valence-electron chi connectivity index (χ4n) is 1.26. The second-order valence-electron chi connectivity index (χ2n) is 2.99. The van der Waals surface area contributed by atoms with Crippen LogP contribution >= 0.6 is 0 Å². The fourth-order valence-corrected chi connectivity index (χ4v) is 1.26. The molecule has 2 aromatic heterocycles. The molecule has 4 heteroatoms. The van der Waals surface area contributed by atoms with Crippen LogP contribution in [-0.2, 0) is 0 Å². The van der Waals surface area contributed by atoms with Crippen LogP contribution in [0.5, 0.6) is 0 Å². The Morgan fingerprint density at radius 2 is 1.86 bits per heavy atom. The van der Waals surface area contributed by atoms with Crippen molar-refractivity contribution in [2.75, 3.05) is 5.73 Å². The van der Waals surface area contributed by atoms with Crippen LogP contribution in [0.3, 0.4) is 0 Å². The number of aromatic nitrogens is 3. The van der Waals surface area contributed by atoms with Gasteiger partial charge in [-0.3, -0.25) is 4.98 Å². The number of rotatable bonds is 1. The molecule has 0 bridgehead atoms. The minimum Gasteiger partial charge on any atom is -0.368 e. The van der Waals surface area contributed by atoms with Crippen molar-refractivity contribution in [1.29, 1.82) is 0 Å². The maximum atomic E-state index is 5.56. The summed E-state index contributed by atoms with van der Waals surface area (Å²) in [7, 11) is 0. The van der Waals surface area contributed by atoms with Crippen molar-refractivity contribution in [3.63, 3.8) is 0 Å². The van der Waals surface area contributed by atoms with Gasteiger partial charge in [0.1, 0.15) is 0 Å². The van der Waals surface area contributed by atoms with Gasteiger partial charge in [-0.1, -0.05) is 0 Å². The number of anilines is 1. The smallest absolute Gasteiger partial charge is 0.220 e. The molecule has 0 aliphatic rings. The Hall–Kier alpha value is -1.97. The van der Waals surface area contributed by atoms with Crippen molar-refractivity contribution in [2.45, 2.75) is 6.92 Å². The predicted molar refractivity (Wildman–Crippen MR) is 54.4 cm³/mol. The summed E-state index contributed by atoms with van der Waals surface area (Å²) in [6, 6.07) is 5.67. The van der Waals surface area contributed by atoms with Crippen LogP contribution in [0.15, 0.2) is 30.6 Å². The normalized spacial score (nSPS) is 10.1. The SMILES string of the molecule is Cc1cc(-c2ccncc2)nc(N)n1. The van der Waals surface area contributed by atoms with E-state index in [2.05, 4.69) is 15.0 Å². The highest BCUT2D eigenvalue weighted by atomic mass is 15.0. The van der Waals surface area contributed by atoms with E-state index in [4.69, 9.17) is 5.73 Å². The van der Waals surface area contributed by atoms with Gasteiger partial charge in [0.15, 0.2) is 0 Å². The van der Waals surface area contributed by atoms with Crippen molar-refractivity contribution in [3.8, 4) is 11.3 Å². The van der Waals surface area contributed by atoms with E-state index in [1.165, 1.54) is 0 Å². The lowest BCUT2D eigenvalue weighted by Gasteiger charge is -2.02. The molecule has 0 radical (unpaired) electrons. The lowest BCUT2D eigenvalue weighted by Crippen LogP contribution is -1.98. The summed E-state index contributed by atoms with van der Waals surface area (Å²) >= 11 is 0. The molecule has 70 valence electrons. The Balaban J connectivity index is 2.52. The van der Waals surface area contributed by atoms with Crippen molar-refractivity contribution in [1.82, 2.24) is 15.0 Å². The second kappa shape index (κ2) is 3.41. The molecule has 2 N–H and O–H groups in total. The molecule has 0 fully saturated rings. The number of nitrogens with zero attached hydrogens (tertiary/aromatic N) is 3. The van der Waals surface area contributed by atoms with Crippen LogP contribution in [0.25, 0.3) is 11.3 Å². The lowest BCUT2D eigenvalue weighted by molar-refractivity contribution is 1.12. The Bertz CT molecular complexity index is 419. The summed E-state index contributed by atoms with van der Waals surface area (Å²) in [5, 5.41) is 0. The lowest BCUT2D eigenvalue weighted by atomic mass is 10.2. The molecular formula is C10H10N4. The molecule has 0 saturated carbocycles. The average Bonchev–Trinajstić information content (AvgIpc) is 2.18. The third kappa shape index (κ3) is 1.69. The monoisotopic (exact) mass is 186 g/mol. The highest BCUT2D eigenvalue weighted by Crippen LogP contribution is 2.16. The van der Waals surface area contributed by atoms with Crippen LogP contribution < -0.4 is 5.73 Å². The molecule has 2 rings (SSSR count). The van der Waals surface area contributed by atoms with Gasteiger partial charge in [-0.05, 0) is 25.1 Å². The molecule has 0 unspecified atom stereocenters. The maximum absolute atomic E-state index is 5.56. The molecule has 2 aromatic rings. The number of hydrogen-bond acceptors (Lipinski definition) is 4. The third-order valence-electron chi connectivity index (χ3n) is 1.85. The van der Waals surface area contributed by atoms with E-state index in [9.17, 15) is 0 Å². The number of pyridine rings is 1. The molecular weight excluding hydrogens is 176 g/mol. The van der Waals surface area contributed by atoms with Gasteiger partial charge in [0.2, 0.25) is 5.95 Å². The van der Waals surface area contributed by atoms with Crippen LogP contribution in [0, 0.1) is 6.92 Å². The standard InChI is InChI=1S/C10H10N4/c1-7-6-9(14-10(11)13-7)8-2-4-12-5-3-8/h2-6H,1H3,(H2,11,13,14). The highest BCUT2D eigenvalue weighted by Gasteiger charge is 2.01. The number of aryl methyl sites for hydroxylation is 1. The van der Waals surface area contributed by atoms with Crippen LogP contribution in [-0.4, -0.2) is 15.0 Å². The molecule has 0 aromatic carbocycles. The van der Waals surface area contributed by atoms with Gasteiger partial charge in [0.05, 0.1) is 5.69 Å². The van der Waals surface area contributed by atoms with Crippen molar-refractivity contribution in [2.24, 2.45) is 0 Å². The van der Waals surface area contributed by atoms with Gasteiger partial charge in [-0.25, -0.2) is 9.97 Å². The number of nitrogen functional groups attached to an aromatic ring is 1. The summed E-state index contributed by atoms with van der Waals surface area (Å²) < 4.78 is 0. The molecule has 0 aliphatic heterocycles. The summed E-state index contributed by atoms with van der Waals surface area (Å²) in [5.41, 5.74) is 8.25. The average molecular weight is 186 g/mol. The van der Waals surface area contributed by atoms with Gasteiger partial charge in [0, 0.05) is 23.7 Å². The first-order chi connectivity index (χ1) is 6.75. The van der Waals surface area contributed by atoms with Gasteiger partial charge in [-0.2, -0.15) is 0 Å². The summed E-state index contributed by atoms with van der Waals surface area (Å²) in [6.45, 7) is 1.89. The van der Waals surface area contributed by atoms with Gasteiger partial charge in [-0.15, -0.1) is 0 Å². The second-order valence-corrected chi connectivity index (χ2v) is 2.99. The van der Waals surface area contributed by atoms with E-state index in [1.54, 1.807) is 12.4 Å². The van der Waals surface area contributed by atoms with E-state index in [0.29, 0.717) is 5.95 Å². The zero-order valence-electron chi connectivity index (χ0n) is 7.81. The van der Waals surface area contributed by atoms with Crippen molar-refractivity contribution >= 4 is 5.95 Å². The van der Waals surface area contributed by atoms with E-state index >= 15 is 0 Å². The molecule has 0 aliphatic carbocycles. The van der Waals surface area contributed by atoms with Crippen LogP contribution in [0.2, 0.25) is 0 Å². The third-order valence-corrected chi connectivity index (χ3v) is 1.85. The van der Waals surface area contributed by atoms with Crippen LogP contribution in [0.1, 0.15) is 5.69 Å². The zero-order chi connectivity index (χ0) is 9.97. The largest absolute Gasteiger partial charge is 0.368 e. The molecule has 4 nitrogen and oxygen atoms in total. The number of hydrogen-bond donors (Lipinski definition) is 1. The fraction of sp³-hybridized carbons (Fsp3) is 0.100. The minimum atomic E-state index is 0.303. The molecule has 0 spiro atoms. The van der Waals surface area contributed by atoms with Gasteiger partial charge in [0.25, 0.3) is 0 Å². The first kappa shape index (κ1) is 8.62. The topological polar surface area (TPSA) is 64.7 Å². The zero-order valence-corrected chi connectivity index (χ0v) is 7.81. The molecule has 2 heterocycles. The summed E-state index contributed by atoms with van der Waals surface area (Å²) in [6.07, 6.45) is 3.45. The van der Waals surface area contributed by atoms with Crippen LogP contribution in [0.4, 0.5) is 5.95 Å². The predicted octanol–water partition coefficient (Wildman–Crippen LogP) is 1.43. The summed E-state index contributed by atoms with van der Waals surface area (Å²) in [5.74, 6) is 0.303. The Morgan fingerprint density at radius 1 is 1.14 bits per heavy atom. The van der Waals surface area contributed by atoms with Gasteiger partial charge < -0.3 is 5.73 Å². The molecule has 0 saturated heterocycles. The molecule has 0 amide bonds. The van der Waals surface area contributed by atoms with E-state index in [1.807, 2.05) is 25.1 Å². The Kier molecular flexibility index (Phi) is 2.10. The number of nitrogens with two attached hydrogens (primary N) is 1. The van der Waals surface area contributed by atoms with E-state index in [-0.39, 0.29) is 0 Å². The first-order valence-corrected chi connectivity index (χ1v) is 4.27. The maximum Gasteiger partial charge on any atom is 0.220 e.